The lowest BCUT2D eigenvalue weighted by Gasteiger charge is -2.33. The average Bonchev–Trinajstić information content (AvgIpc) is 2.68. The van der Waals surface area contributed by atoms with Crippen LogP contribution < -0.4 is 5.32 Å². The van der Waals surface area contributed by atoms with E-state index in [1.807, 2.05) is 18.7 Å². The molecule has 1 atom stereocenters. The van der Waals surface area contributed by atoms with E-state index in [1.165, 1.54) is 17.6 Å². The van der Waals surface area contributed by atoms with Gasteiger partial charge in [0, 0.05) is 36.8 Å². The molecule has 0 aromatic carbocycles. The van der Waals surface area contributed by atoms with Crippen molar-refractivity contribution in [2.45, 2.75) is 25.6 Å². The number of amides is 1. The summed E-state index contributed by atoms with van der Waals surface area (Å²) in [7, 11) is -3.08. The highest BCUT2D eigenvalue weighted by Gasteiger charge is 2.26. The molecule has 1 N–H and O–H groups in total. The van der Waals surface area contributed by atoms with Gasteiger partial charge in [0.05, 0.1) is 10.6 Å². The summed E-state index contributed by atoms with van der Waals surface area (Å²) in [5.41, 5.74) is 0.739. The Morgan fingerprint density at radius 1 is 1.52 bits per heavy atom. The number of hydrogen-bond acceptors (Lipinski definition) is 5. The van der Waals surface area contributed by atoms with Gasteiger partial charge in [-0.2, -0.15) is 0 Å². The molecule has 1 fully saturated rings. The third-order valence-electron chi connectivity index (χ3n) is 3.41. The Bertz CT molecular complexity index is 613. The average molecular weight is 353 g/mol. The van der Waals surface area contributed by atoms with Crippen molar-refractivity contribution in [1.29, 1.82) is 0 Å². The lowest BCUT2D eigenvalue weighted by molar-refractivity contribution is 0.0660. The fraction of sp³-hybridized carbons (Fsp3) is 0.615. The maximum absolute atomic E-state index is 12.5. The van der Waals surface area contributed by atoms with E-state index < -0.39 is 9.84 Å². The molecular weight excluding hydrogens is 332 g/mol. The van der Waals surface area contributed by atoms with Gasteiger partial charge in [0.15, 0.2) is 9.84 Å². The first-order chi connectivity index (χ1) is 9.28. The van der Waals surface area contributed by atoms with Gasteiger partial charge in [0.25, 0.3) is 5.91 Å². The number of nitrogens with one attached hydrogen (secondary N) is 1. The summed E-state index contributed by atoms with van der Waals surface area (Å²) in [6.45, 7) is 6.17. The highest BCUT2D eigenvalue weighted by Crippen LogP contribution is 2.25. The maximum atomic E-state index is 12.5. The number of aryl methyl sites for hydroxylation is 1. The first-order valence-electron chi connectivity index (χ1n) is 6.56. The molecule has 21 heavy (non-hydrogen) atoms. The Morgan fingerprint density at radius 2 is 2.19 bits per heavy atom. The van der Waals surface area contributed by atoms with E-state index in [0.717, 1.165) is 23.5 Å². The van der Waals surface area contributed by atoms with Gasteiger partial charge in [-0.05, 0) is 25.5 Å². The third kappa shape index (κ3) is 4.67. The smallest absolute Gasteiger partial charge is 0.264 e. The Kier molecular flexibility index (Phi) is 6.22. The van der Waals surface area contributed by atoms with E-state index in [0.29, 0.717) is 11.4 Å². The van der Waals surface area contributed by atoms with E-state index in [1.54, 1.807) is 6.07 Å². The molecule has 1 aliphatic rings. The molecule has 0 aliphatic carbocycles. The topological polar surface area (TPSA) is 66.5 Å². The second-order valence-corrected chi connectivity index (χ2v) is 8.71. The standard InChI is InChI=1S/C13H20N2O3S2.ClH/c1-9-7-14-4-5-15(9)13(16)12-6-11(10(2)19-12)8-20(3,17)18;/h6,9,14H,4-5,7-8H2,1-3H3;1H/t9-;/m0./s1. The SMILES string of the molecule is Cc1sc(C(=O)N2CCNC[C@@H]2C)cc1CS(C)(=O)=O.Cl. The minimum atomic E-state index is -3.08. The van der Waals surface area contributed by atoms with E-state index in [2.05, 4.69) is 5.32 Å². The largest absolute Gasteiger partial charge is 0.333 e. The van der Waals surface area contributed by atoms with Gasteiger partial charge in [-0.3, -0.25) is 4.79 Å². The first-order valence-corrected chi connectivity index (χ1v) is 9.44. The van der Waals surface area contributed by atoms with Gasteiger partial charge in [-0.1, -0.05) is 0 Å². The fourth-order valence-electron chi connectivity index (χ4n) is 2.34. The van der Waals surface area contributed by atoms with E-state index in [-0.39, 0.29) is 30.1 Å². The summed E-state index contributed by atoms with van der Waals surface area (Å²) >= 11 is 1.38. The molecule has 1 amide bonds. The molecule has 1 aliphatic heterocycles. The second kappa shape index (κ2) is 7.09. The monoisotopic (exact) mass is 352 g/mol. The number of rotatable bonds is 3. The predicted octanol–water partition coefficient (Wildman–Crippen LogP) is 1.46. The van der Waals surface area contributed by atoms with Crippen LogP contribution in [-0.4, -0.2) is 51.2 Å². The summed E-state index contributed by atoms with van der Waals surface area (Å²) in [6, 6.07) is 1.90. The van der Waals surface area contributed by atoms with E-state index in [9.17, 15) is 13.2 Å². The molecular formula is C13H21ClN2O3S2. The van der Waals surface area contributed by atoms with Crippen molar-refractivity contribution < 1.29 is 13.2 Å². The summed E-state index contributed by atoms with van der Waals surface area (Å²) in [5, 5.41) is 3.25. The molecule has 1 aromatic heterocycles. The van der Waals surface area contributed by atoms with Crippen LogP contribution in [0.2, 0.25) is 0 Å². The minimum Gasteiger partial charge on any atom is -0.333 e. The van der Waals surface area contributed by atoms with Gasteiger partial charge < -0.3 is 10.2 Å². The number of hydrogen-bond donors (Lipinski definition) is 1. The Balaban J connectivity index is 0.00000220. The number of sulfone groups is 1. The summed E-state index contributed by atoms with van der Waals surface area (Å²) in [5.74, 6) is 0.00607. The molecule has 1 aromatic rings. The molecule has 2 heterocycles. The predicted molar refractivity (Wildman–Crippen MR) is 88.2 cm³/mol. The van der Waals surface area contributed by atoms with Crippen molar-refractivity contribution in [3.05, 3.63) is 21.4 Å². The quantitative estimate of drug-likeness (QED) is 0.894. The van der Waals surface area contributed by atoms with Gasteiger partial charge in [-0.25, -0.2) is 8.42 Å². The number of halogens is 1. The van der Waals surface area contributed by atoms with Crippen molar-refractivity contribution in [2.24, 2.45) is 0 Å². The highest BCUT2D eigenvalue weighted by molar-refractivity contribution is 7.89. The van der Waals surface area contributed by atoms with Gasteiger partial charge >= 0.3 is 0 Å². The third-order valence-corrected chi connectivity index (χ3v) is 5.33. The van der Waals surface area contributed by atoms with Gasteiger partial charge in [0.1, 0.15) is 0 Å². The minimum absolute atomic E-state index is 0. The van der Waals surface area contributed by atoms with E-state index >= 15 is 0 Å². The number of thiophene rings is 1. The molecule has 5 nitrogen and oxygen atoms in total. The Hall–Kier alpha value is -0.630. The Morgan fingerprint density at radius 3 is 2.76 bits per heavy atom. The van der Waals surface area contributed by atoms with Crippen molar-refractivity contribution >= 4 is 39.5 Å². The van der Waals surface area contributed by atoms with Crippen LogP contribution in [0.4, 0.5) is 0 Å². The van der Waals surface area contributed by atoms with Gasteiger partial charge in [0.2, 0.25) is 0 Å². The van der Waals surface area contributed by atoms with E-state index in [4.69, 9.17) is 0 Å². The molecule has 0 bridgehead atoms. The lowest BCUT2D eigenvalue weighted by Crippen LogP contribution is -2.52. The van der Waals surface area contributed by atoms with Crippen molar-refractivity contribution in [3.8, 4) is 0 Å². The summed E-state index contributed by atoms with van der Waals surface area (Å²) in [6.07, 6.45) is 1.21. The zero-order valence-electron chi connectivity index (χ0n) is 12.4. The van der Waals surface area contributed by atoms with Crippen LogP contribution in [0.3, 0.4) is 0 Å². The molecule has 120 valence electrons. The molecule has 2 rings (SSSR count). The van der Waals surface area contributed by atoms with Crippen LogP contribution in [-0.2, 0) is 15.6 Å². The molecule has 0 saturated carbocycles. The van der Waals surface area contributed by atoms with Crippen LogP contribution in [0.1, 0.15) is 27.0 Å². The first kappa shape index (κ1) is 18.4. The highest BCUT2D eigenvalue weighted by atomic mass is 35.5. The van der Waals surface area contributed by atoms with Crippen LogP contribution in [0.15, 0.2) is 6.07 Å². The zero-order chi connectivity index (χ0) is 14.9. The van der Waals surface area contributed by atoms with Crippen LogP contribution in [0, 0.1) is 6.92 Å². The van der Waals surface area contributed by atoms with Crippen LogP contribution >= 0.6 is 23.7 Å². The lowest BCUT2D eigenvalue weighted by atomic mass is 10.2. The number of nitrogens with zero attached hydrogens (tertiary/aromatic N) is 1. The number of piperazine rings is 1. The Labute approximate surface area is 136 Å². The second-order valence-electron chi connectivity index (χ2n) is 5.31. The van der Waals surface area contributed by atoms with Crippen molar-refractivity contribution in [3.63, 3.8) is 0 Å². The summed E-state index contributed by atoms with van der Waals surface area (Å²) < 4.78 is 22.8. The van der Waals surface area contributed by atoms with Crippen molar-refractivity contribution in [1.82, 2.24) is 10.2 Å². The van der Waals surface area contributed by atoms with Gasteiger partial charge in [-0.15, -0.1) is 23.7 Å². The molecule has 0 unspecified atom stereocenters. The van der Waals surface area contributed by atoms with Crippen molar-refractivity contribution in [2.75, 3.05) is 25.9 Å². The summed E-state index contributed by atoms with van der Waals surface area (Å²) in [4.78, 5) is 15.9. The van der Waals surface area contributed by atoms with Crippen LogP contribution in [0.5, 0.6) is 0 Å². The molecule has 0 radical (unpaired) electrons. The maximum Gasteiger partial charge on any atom is 0.264 e. The normalized spacial score (nSPS) is 19.2. The molecule has 1 saturated heterocycles. The fourth-order valence-corrected chi connectivity index (χ4v) is 4.29. The molecule has 8 heteroatoms. The van der Waals surface area contributed by atoms with Crippen LogP contribution in [0.25, 0.3) is 0 Å². The number of carbonyl (C=O) groups is 1. The molecule has 0 spiro atoms. The zero-order valence-corrected chi connectivity index (χ0v) is 14.8. The number of carbonyl (C=O) groups excluding carboxylic acids is 1.